The highest BCUT2D eigenvalue weighted by atomic mass is 16.7. The molecule has 5 aliphatic carbocycles. The summed E-state index contributed by atoms with van der Waals surface area (Å²) < 4.78 is 9.58. The summed E-state index contributed by atoms with van der Waals surface area (Å²) >= 11 is 0. The Balaban J connectivity index is 0.000000236. The van der Waals surface area contributed by atoms with Crippen LogP contribution in [0.15, 0.2) is 77.9 Å². The molecule has 0 saturated heterocycles. The standard InChI is InChI=1S/C25H32O7.C16H22.C9H17NO/c1-14(22(28)29)32-23(30)31-13-21(27)20-7-6-18-17-5-4-15-12-16(26)8-10-24(15,2)19(17)9-11-25(18,20)3;1-3-9-15(10-4-1)11-5-2-6-12-16-13-7-8-14-16;1-3-5-6-7-8-9(11)10-4-2/h9,12,14,17-18,20H,4-8,10-11,13H2,1-3H3,(H,28,29);1,3-4,6,9-10,12,16H,2,5,7-8,11,13-14H2;3,5H,4,6-8H2,1-2H3,(H,10,11)/b;12-6+;5-3-. The molecule has 5 aliphatic rings. The van der Waals surface area contributed by atoms with Crippen LogP contribution in [0.2, 0.25) is 0 Å². The third kappa shape index (κ3) is 13.6. The van der Waals surface area contributed by atoms with Gasteiger partial charge < -0.3 is 19.9 Å². The van der Waals surface area contributed by atoms with Crippen molar-refractivity contribution in [2.24, 2.45) is 34.5 Å². The Morgan fingerprint density at radius 1 is 0.966 bits per heavy atom. The number of hydrogen-bond donors (Lipinski definition) is 2. The molecule has 1 amide bonds. The van der Waals surface area contributed by atoms with Gasteiger partial charge in [0.25, 0.3) is 0 Å². The number of unbranched alkanes of at least 4 members (excludes halogenated alkanes) is 2. The number of fused-ring (bicyclic) bond motifs is 5. The predicted octanol–water partition coefficient (Wildman–Crippen LogP) is 10.9. The van der Waals surface area contributed by atoms with Crippen molar-refractivity contribution in [3.05, 3.63) is 83.5 Å². The van der Waals surface area contributed by atoms with Gasteiger partial charge in [0.15, 0.2) is 24.3 Å². The number of aryl methyl sites for hydroxylation is 1. The summed E-state index contributed by atoms with van der Waals surface area (Å²) in [5.41, 5.74) is 3.98. The quantitative estimate of drug-likeness (QED) is 0.101. The first-order chi connectivity index (χ1) is 28.3. The van der Waals surface area contributed by atoms with Crippen LogP contribution < -0.4 is 5.32 Å². The Kier molecular flexibility index (Phi) is 18.9. The highest BCUT2D eigenvalue weighted by molar-refractivity contribution is 5.92. The molecule has 9 nitrogen and oxygen atoms in total. The molecule has 0 heterocycles. The number of carbonyl (C=O) groups is 5. The maximum atomic E-state index is 13.0. The van der Waals surface area contributed by atoms with E-state index >= 15 is 0 Å². The maximum Gasteiger partial charge on any atom is 0.509 e. The fourth-order valence-corrected chi connectivity index (χ4v) is 10.2. The van der Waals surface area contributed by atoms with Gasteiger partial charge in [-0.15, -0.1) is 0 Å². The number of carboxylic acid groups (broad SMARTS) is 1. The van der Waals surface area contributed by atoms with E-state index in [1.807, 2.05) is 26.0 Å². The Morgan fingerprint density at radius 3 is 2.39 bits per heavy atom. The third-order valence-electron chi connectivity index (χ3n) is 13.5. The maximum absolute atomic E-state index is 13.0. The predicted molar refractivity (Wildman–Crippen MR) is 233 cm³/mol. The van der Waals surface area contributed by atoms with Gasteiger partial charge in [0, 0.05) is 30.7 Å². The molecule has 0 aromatic heterocycles. The molecule has 6 unspecified atom stereocenters. The van der Waals surface area contributed by atoms with Crippen molar-refractivity contribution in [2.45, 2.75) is 150 Å². The van der Waals surface area contributed by atoms with Crippen molar-refractivity contribution in [2.75, 3.05) is 13.2 Å². The van der Waals surface area contributed by atoms with Crippen molar-refractivity contribution in [3.63, 3.8) is 0 Å². The van der Waals surface area contributed by atoms with E-state index in [9.17, 15) is 24.0 Å². The van der Waals surface area contributed by atoms with E-state index in [4.69, 9.17) is 9.84 Å². The number of benzene rings is 1. The summed E-state index contributed by atoms with van der Waals surface area (Å²) in [5.74, 6) is 0.514. The van der Waals surface area contributed by atoms with Crippen molar-refractivity contribution in [3.8, 4) is 0 Å². The lowest BCUT2D eigenvalue weighted by Crippen LogP contribution is -2.46. The molecule has 9 heteroatoms. The van der Waals surface area contributed by atoms with Crippen molar-refractivity contribution in [1.82, 2.24) is 5.32 Å². The number of hydrogen-bond acceptors (Lipinski definition) is 7. The molecule has 1 aromatic carbocycles. The van der Waals surface area contributed by atoms with Crippen molar-refractivity contribution >= 4 is 29.6 Å². The number of amides is 1. The molecule has 324 valence electrons. The fourth-order valence-electron chi connectivity index (χ4n) is 10.2. The second-order valence-electron chi connectivity index (χ2n) is 17.6. The molecule has 1 aromatic rings. The summed E-state index contributed by atoms with van der Waals surface area (Å²) in [7, 11) is 0. The second-order valence-corrected chi connectivity index (χ2v) is 17.6. The number of ketones is 2. The Bertz CT molecular complexity index is 1690. The van der Waals surface area contributed by atoms with Crippen molar-refractivity contribution in [1.29, 1.82) is 0 Å². The number of aliphatic carboxylic acids is 1. The second kappa shape index (κ2) is 23.5. The summed E-state index contributed by atoms with van der Waals surface area (Å²) in [6.07, 6.45) is 28.7. The summed E-state index contributed by atoms with van der Waals surface area (Å²) in [6, 6.07) is 10.8. The minimum absolute atomic E-state index is 0.0338. The number of ether oxygens (including phenoxy) is 2. The minimum atomic E-state index is -1.32. The van der Waals surface area contributed by atoms with Crippen LogP contribution in [0.25, 0.3) is 0 Å². The minimum Gasteiger partial charge on any atom is -0.479 e. The number of Topliss-reactive ketones (excluding diaryl/α,β-unsaturated/α-hetero) is 1. The average Bonchev–Trinajstić information content (AvgIpc) is 3.87. The topological polar surface area (TPSA) is 136 Å². The molecule has 3 saturated carbocycles. The van der Waals surface area contributed by atoms with Gasteiger partial charge in [0.1, 0.15) is 0 Å². The van der Waals surface area contributed by atoms with Gasteiger partial charge in [-0.2, -0.15) is 0 Å². The number of carboxylic acids is 1. The van der Waals surface area contributed by atoms with Crippen LogP contribution in [-0.2, 0) is 35.1 Å². The van der Waals surface area contributed by atoms with E-state index in [0.717, 1.165) is 63.8 Å². The van der Waals surface area contributed by atoms with Gasteiger partial charge in [-0.25, -0.2) is 9.59 Å². The van der Waals surface area contributed by atoms with Gasteiger partial charge in [-0.1, -0.05) is 98.5 Å². The average molecular weight is 814 g/mol. The zero-order chi connectivity index (χ0) is 42.8. The molecule has 0 aliphatic heterocycles. The van der Waals surface area contributed by atoms with Crippen LogP contribution in [0.4, 0.5) is 4.79 Å². The first-order valence-corrected chi connectivity index (χ1v) is 22.4. The summed E-state index contributed by atoms with van der Waals surface area (Å²) in [5, 5.41) is 11.6. The highest BCUT2D eigenvalue weighted by Gasteiger charge is 2.57. The largest absolute Gasteiger partial charge is 0.509 e. The lowest BCUT2D eigenvalue weighted by Gasteiger charge is -2.53. The van der Waals surface area contributed by atoms with Crippen LogP contribution in [0.5, 0.6) is 0 Å². The van der Waals surface area contributed by atoms with E-state index < -0.39 is 24.8 Å². The lowest BCUT2D eigenvalue weighted by molar-refractivity contribution is -0.147. The molecule has 0 spiro atoms. The molecule has 0 bridgehead atoms. The molecular weight excluding hydrogens is 743 g/mol. The normalized spacial score (nSPS) is 26.5. The molecule has 6 atom stereocenters. The molecule has 3 fully saturated rings. The van der Waals surface area contributed by atoms with E-state index in [0.29, 0.717) is 24.7 Å². The van der Waals surface area contributed by atoms with E-state index in [1.54, 1.807) is 0 Å². The number of carbonyl (C=O) groups excluding carboxylic acids is 4. The van der Waals surface area contributed by atoms with E-state index in [2.05, 4.69) is 78.5 Å². The monoisotopic (exact) mass is 814 g/mol. The van der Waals surface area contributed by atoms with E-state index in [-0.39, 0.29) is 34.2 Å². The van der Waals surface area contributed by atoms with Gasteiger partial charge in [0.05, 0.1) is 0 Å². The number of rotatable bonds is 15. The van der Waals surface area contributed by atoms with Crippen LogP contribution in [0, 0.1) is 34.5 Å². The van der Waals surface area contributed by atoms with Crippen molar-refractivity contribution < 1.29 is 38.6 Å². The lowest BCUT2D eigenvalue weighted by atomic mass is 9.51. The zero-order valence-electron chi connectivity index (χ0n) is 36.5. The molecule has 59 heavy (non-hydrogen) atoms. The van der Waals surface area contributed by atoms with Crippen LogP contribution in [0.1, 0.15) is 143 Å². The third-order valence-corrected chi connectivity index (χ3v) is 13.5. The smallest absolute Gasteiger partial charge is 0.479 e. The highest BCUT2D eigenvalue weighted by Crippen LogP contribution is 2.64. The Labute approximate surface area is 353 Å². The van der Waals surface area contributed by atoms with Gasteiger partial charge in [0.2, 0.25) is 5.91 Å². The molecular formula is C50H71NO8. The molecule has 6 rings (SSSR count). The Hall–Kier alpha value is -4.27. The zero-order valence-corrected chi connectivity index (χ0v) is 36.5. The number of nitrogens with one attached hydrogen (secondary N) is 1. The molecule has 2 N–H and O–H groups in total. The van der Waals surface area contributed by atoms with Gasteiger partial charge in [-0.3, -0.25) is 14.4 Å². The van der Waals surface area contributed by atoms with Crippen LogP contribution >= 0.6 is 0 Å². The van der Waals surface area contributed by atoms with Gasteiger partial charge >= 0.3 is 12.1 Å². The molecule has 0 radical (unpaired) electrons. The summed E-state index contributed by atoms with van der Waals surface area (Å²) in [6.45, 7) is 9.96. The Morgan fingerprint density at radius 2 is 1.69 bits per heavy atom. The fraction of sp³-hybridized carbons (Fsp3) is 0.620. The van der Waals surface area contributed by atoms with Crippen LogP contribution in [0.3, 0.4) is 0 Å². The summed E-state index contributed by atoms with van der Waals surface area (Å²) in [4.78, 5) is 58.4. The van der Waals surface area contributed by atoms with E-state index in [1.165, 1.54) is 68.6 Å². The first kappa shape index (κ1) is 47.4. The number of allylic oxidation sites excluding steroid dienone is 8. The first-order valence-electron chi connectivity index (χ1n) is 22.4. The SMILES string of the molecule is C(=C\C1CCCC1)/CCCc1ccccc1.C/C=C\CCCC(=O)NCC.CC(OC(=O)OCC(=O)C1CCC2C3CCC4=CC(=O)CCC4(C)C3=CCC12C)C(=O)O. The van der Waals surface area contributed by atoms with Gasteiger partial charge in [-0.05, 0) is 139 Å². The van der Waals surface area contributed by atoms with Crippen LogP contribution in [-0.4, -0.2) is 54.0 Å².